The van der Waals surface area contributed by atoms with Gasteiger partial charge < -0.3 is 63.3 Å². The van der Waals surface area contributed by atoms with Crippen molar-refractivity contribution in [2.75, 3.05) is 85.7 Å². The van der Waals surface area contributed by atoms with Crippen LogP contribution in [0.1, 0.15) is 77.0 Å². The number of nitrogens with zero attached hydrogens (tertiary/aromatic N) is 3. The molecule has 1 rings (SSSR count). The summed E-state index contributed by atoms with van der Waals surface area (Å²) < 4.78 is 54.2. The predicted molar refractivity (Wildman–Crippen MR) is 306 cm³/mol. The molecule has 0 atom stereocenters. The molecule has 0 bridgehead atoms. The van der Waals surface area contributed by atoms with Crippen molar-refractivity contribution < 1.29 is 95.3 Å². The van der Waals surface area contributed by atoms with E-state index in [-0.39, 0.29) is 52.5 Å². The minimum atomic E-state index is -1.54. The minimum Gasteiger partial charge on any atom is -0.462 e. The number of amides is 3. The van der Waals surface area contributed by atoms with E-state index in [9.17, 15) is 62.3 Å². The van der Waals surface area contributed by atoms with Gasteiger partial charge in [-0.2, -0.15) is 0 Å². The van der Waals surface area contributed by atoms with E-state index in [0.717, 1.165) is 56.2 Å². The molecule has 0 saturated heterocycles. The summed E-state index contributed by atoms with van der Waals surface area (Å²) in [7, 11) is 0. The molecule has 0 aliphatic carbocycles. The van der Waals surface area contributed by atoms with Crippen LogP contribution < -0.4 is 33.0 Å². The average Bonchev–Trinajstić information content (AvgIpc) is 1.72. The molecular formula is C57H80N6O23. The average molecular weight is 1220 g/mol. The Balaban J connectivity index is 3.04. The lowest BCUT2D eigenvalue weighted by molar-refractivity contribution is -0.161. The van der Waals surface area contributed by atoms with Gasteiger partial charge in [0.15, 0.2) is 0 Å². The van der Waals surface area contributed by atoms with Crippen LogP contribution in [0.15, 0.2) is 103 Å². The topological polar surface area (TPSA) is 365 Å². The van der Waals surface area contributed by atoms with Crippen LogP contribution in [0.4, 0.5) is 14.4 Å². The summed E-state index contributed by atoms with van der Waals surface area (Å²) in [6, 6.07) is 0. The van der Waals surface area contributed by atoms with Crippen molar-refractivity contribution >= 4 is 60.1 Å². The van der Waals surface area contributed by atoms with Crippen LogP contribution in [0.25, 0.3) is 0 Å². The second kappa shape index (κ2) is 43.4. The molecule has 29 heteroatoms. The number of rotatable bonds is 47. The van der Waals surface area contributed by atoms with Crippen molar-refractivity contribution in [3.63, 3.8) is 0 Å². The van der Waals surface area contributed by atoms with E-state index in [1.54, 1.807) is 0 Å². The highest BCUT2D eigenvalue weighted by Crippen LogP contribution is 2.23. The van der Waals surface area contributed by atoms with Crippen molar-refractivity contribution in [1.82, 2.24) is 29.7 Å². The number of alkyl carbamates (subject to hydrolysis) is 3. The van der Waals surface area contributed by atoms with Crippen LogP contribution in [0.2, 0.25) is 0 Å². The SMILES string of the molecule is C=CC(=O)OCCOC(=O)NCCCCCCn1c(=O)n(CCCCCCNC(=O)OCC(COC(=O)C=C)(COC(=O)C=C)COC(=O)C=C)c(=O)n(CCCCCCNC(=O)OCC(COC(=O)C=C)(COC(=O)C=C)COC(=O)C=C)c1=O. The maximum absolute atomic E-state index is 13.8. The molecule has 0 aliphatic rings. The van der Waals surface area contributed by atoms with Gasteiger partial charge in [-0.15, -0.1) is 0 Å². The number of hydrogen-bond donors (Lipinski definition) is 3. The Kier molecular flexibility index (Phi) is 37.7. The van der Waals surface area contributed by atoms with Crippen molar-refractivity contribution in [1.29, 1.82) is 0 Å². The third-order valence-electron chi connectivity index (χ3n) is 12.0. The molecule has 0 spiro atoms. The van der Waals surface area contributed by atoms with Gasteiger partial charge in [0.1, 0.15) is 76.9 Å². The number of esters is 7. The number of nitrogens with one attached hydrogen (secondary N) is 3. The third kappa shape index (κ3) is 31.4. The lowest BCUT2D eigenvalue weighted by atomic mass is 9.92. The summed E-state index contributed by atoms with van der Waals surface area (Å²) in [4.78, 5) is 161. The molecular weight excluding hydrogens is 1140 g/mol. The Bertz CT molecular complexity index is 2420. The van der Waals surface area contributed by atoms with Crippen LogP contribution >= 0.6 is 0 Å². The standard InChI is InChI=1S/C57H80N6O23/c1-8-43(64)77-33-34-78-50(71)58-27-21-15-18-24-30-61-53(74)62(31-25-19-16-22-28-59-51(72)85-41-56(35-79-44(65)9-2,36-80-45(66)10-3)37-81-46(67)11-4)55(76)63(54(61)75)32-26-20-17-23-29-60-52(73)86-42-57(38-82-47(68)12-5,39-83-48(69)13-6)40-84-49(70)14-7/h8-14H,1-7,15-42H2,(H,58,71)(H,59,72)(H,60,73). The second-order valence-corrected chi connectivity index (χ2v) is 18.9. The van der Waals surface area contributed by atoms with E-state index < -0.39 is 141 Å². The fourth-order valence-electron chi connectivity index (χ4n) is 7.20. The summed E-state index contributed by atoms with van der Waals surface area (Å²) in [5, 5.41) is 7.72. The van der Waals surface area contributed by atoms with Gasteiger partial charge in [0.05, 0.1) is 0 Å². The van der Waals surface area contributed by atoms with Crippen molar-refractivity contribution in [2.45, 2.75) is 96.7 Å². The first-order valence-corrected chi connectivity index (χ1v) is 27.4. The maximum Gasteiger partial charge on any atom is 0.407 e. The molecule has 0 aromatic carbocycles. The Labute approximate surface area is 496 Å². The molecule has 0 unspecified atom stereocenters. The summed E-state index contributed by atoms with van der Waals surface area (Å²) in [5.41, 5.74) is -5.46. The van der Waals surface area contributed by atoms with Gasteiger partial charge >= 0.3 is 77.1 Å². The third-order valence-corrected chi connectivity index (χ3v) is 12.0. The smallest absolute Gasteiger partial charge is 0.407 e. The zero-order valence-electron chi connectivity index (χ0n) is 48.5. The van der Waals surface area contributed by atoms with E-state index in [4.69, 9.17) is 47.4 Å². The van der Waals surface area contributed by atoms with E-state index in [0.29, 0.717) is 77.0 Å². The Hall–Kier alpha value is -9.31. The van der Waals surface area contributed by atoms with Gasteiger partial charge in [-0.05, 0) is 38.5 Å². The highest BCUT2D eigenvalue weighted by molar-refractivity contribution is 5.83. The molecule has 1 aromatic rings. The van der Waals surface area contributed by atoms with Crippen LogP contribution in [-0.2, 0) is 101 Å². The molecule has 1 aromatic heterocycles. The predicted octanol–water partition coefficient (Wildman–Crippen LogP) is 3.11. The number of carbonyl (C=O) groups excluding carboxylic acids is 10. The zero-order chi connectivity index (χ0) is 64.2. The Morgan fingerprint density at radius 2 is 0.512 bits per heavy atom. The molecule has 3 amide bonds. The first-order chi connectivity index (χ1) is 41.2. The molecule has 3 N–H and O–H groups in total. The molecule has 29 nitrogen and oxygen atoms in total. The zero-order valence-corrected chi connectivity index (χ0v) is 48.5. The maximum atomic E-state index is 13.8. The van der Waals surface area contributed by atoms with E-state index in [1.165, 1.54) is 0 Å². The summed E-state index contributed by atoms with van der Waals surface area (Å²) in [6.07, 6.45) is 9.29. The van der Waals surface area contributed by atoms with E-state index in [1.807, 2.05) is 0 Å². The van der Waals surface area contributed by atoms with Gasteiger partial charge in [0.2, 0.25) is 0 Å². The van der Waals surface area contributed by atoms with Crippen LogP contribution in [-0.4, -0.2) is 159 Å². The second-order valence-electron chi connectivity index (χ2n) is 18.9. The molecule has 0 fully saturated rings. The largest absolute Gasteiger partial charge is 0.462 e. The Morgan fingerprint density at radius 3 is 0.767 bits per heavy atom. The van der Waals surface area contributed by atoms with Gasteiger partial charge in [-0.25, -0.2) is 76.0 Å². The van der Waals surface area contributed by atoms with Gasteiger partial charge in [-0.3, -0.25) is 0 Å². The lowest BCUT2D eigenvalue weighted by Crippen LogP contribution is -2.54. The summed E-state index contributed by atoms with van der Waals surface area (Å²) in [6.45, 7) is 19.2. The van der Waals surface area contributed by atoms with E-state index in [2.05, 4.69) is 62.0 Å². The fraction of sp³-hybridized carbons (Fsp3) is 0.526. The van der Waals surface area contributed by atoms with Crippen LogP contribution in [0.3, 0.4) is 0 Å². The monoisotopic (exact) mass is 1220 g/mol. The van der Waals surface area contributed by atoms with Crippen LogP contribution in [0.5, 0.6) is 0 Å². The fourth-order valence-corrected chi connectivity index (χ4v) is 7.20. The molecule has 0 radical (unpaired) electrons. The van der Waals surface area contributed by atoms with E-state index >= 15 is 0 Å². The van der Waals surface area contributed by atoms with Crippen molar-refractivity contribution in [3.05, 3.63) is 120 Å². The minimum absolute atomic E-state index is 0.0115. The van der Waals surface area contributed by atoms with Gasteiger partial charge in [0, 0.05) is 81.8 Å². The first-order valence-electron chi connectivity index (χ1n) is 27.4. The Morgan fingerprint density at radius 1 is 0.302 bits per heavy atom. The van der Waals surface area contributed by atoms with Crippen molar-refractivity contribution in [3.8, 4) is 0 Å². The number of ether oxygens (including phenoxy) is 10. The summed E-state index contributed by atoms with van der Waals surface area (Å²) in [5.74, 6) is -5.76. The normalized spacial score (nSPS) is 10.7. The molecule has 476 valence electrons. The van der Waals surface area contributed by atoms with Crippen LogP contribution in [0, 0.1) is 10.8 Å². The molecule has 86 heavy (non-hydrogen) atoms. The highest BCUT2D eigenvalue weighted by atomic mass is 16.6. The number of carbonyl (C=O) groups is 10. The lowest BCUT2D eigenvalue weighted by Gasteiger charge is -2.31. The first kappa shape index (κ1) is 74.7. The molecule has 1 heterocycles. The highest BCUT2D eigenvalue weighted by Gasteiger charge is 2.39. The number of unbranched alkanes of at least 4 members (excludes halogenated alkanes) is 9. The quantitative estimate of drug-likeness (QED) is 0.0365. The van der Waals surface area contributed by atoms with Gasteiger partial charge in [0.25, 0.3) is 0 Å². The molecule has 0 aliphatic heterocycles. The number of hydrogen-bond acceptors (Lipinski definition) is 23. The summed E-state index contributed by atoms with van der Waals surface area (Å²) >= 11 is 0. The molecule has 0 saturated carbocycles. The van der Waals surface area contributed by atoms with Gasteiger partial charge in [-0.1, -0.05) is 84.6 Å². The number of aromatic nitrogens is 3. The van der Waals surface area contributed by atoms with Crippen molar-refractivity contribution in [2.24, 2.45) is 10.8 Å².